The number of aromatic nitrogens is 2. The molecule has 2 atom stereocenters. The van der Waals surface area contributed by atoms with Crippen molar-refractivity contribution in [2.24, 2.45) is 5.92 Å². The molecule has 0 fully saturated rings. The standard InChI is InChI=1S/C16H30BrN3/c1-5-9-10-13(7-3)15(18-8-4)16-14(17)12-19-20(16)11-6-2/h12-13,15,18H,5-11H2,1-4H3. The van der Waals surface area contributed by atoms with Gasteiger partial charge in [0.15, 0.2) is 0 Å². The molecule has 0 aliphatic carbocycles. The van der Waals surface area contributed by atoms with Crippen LogP contribution in [0.4, 0.5) is 0 Å². The van der Waals surface area contributed by atoms with E-state index < -0.39 is 0 Å². The van der Waals surface area contributed by atoms with Gasteiger partial charge in [-0.1, -0.05) is 47.0 Å². The predicted octanol–water partition coefficient (Wildman–Crippen LogP) is 4.92. The first-order chi connectivity index (χ1) is 9.69. The van der Waals surface area contributed by atoms with Crippen LogP contribution in [0.15, 0.2) is 10.7 Å². The highest BCUT2D eigenvalue weighted by atomic mass is 79.9. The summed E-state index contributed by atoms with van der Waals surface area (Å²) in [7, 11) is 0. The Hall–Kier alpha value is -0.350. The van der Waals surface area contributed by atoms with E-state index in [-0.39, 0.29) is 0 Å². The maximum Gasteiger partial charge on any atom is 0.0698 e. The van der Waals surface area contributed by atoms with Crippen LogP contribution in [0.5, 0.6) is 0 Å². The summed E-state index contributed by atoms with van der Waals surface area (Å²) in [6.07, 6.45) is 8.13. The zero-order chi connectivity index (χ0) is 15.0. The Bertz CT molecular complexity index is 376. The van der Waals surface area contributed by atoms with E-state index in [4.69, 9.17) is 0 Å². The average molecular weight is 344 g/mol. The molecule has 1 aromatic rings. The zero-order valence-electron chi connectivity index (χ0n) is 13.5. The van der Waals surface area contributed by atoms with Crippen LogP contribution < -0.4 is 5.32 Å². The molecule has 0 amide bonds. The quantitative estimate of drug-likeness (QED) is 0.653. The van der Waals surface area contributed by atoms with Crippen molar-refractivity contribution in [3.05, 3.63) is 16.4 Å². The summed E-state index contributed by atoms with van der Waals surface area (Å²) in [6, 6.07) is 0.403. The van der Waals surface area contributed by atoms with Gasteiger partial charge < -0.3 is 5.32 Å². The molecule has 1 rings (SSSR count). The lowest BCUT2D eigenvalue weighted by Gasteiger charge is -2.28. The maximum absolute atomic E-state index is 4.54. The lowest BCUT2D eigenvalue weighted by Crippen LogP contribution is -2.30. The molecule has 1 heterocycles. The summed E-state index contributed by atoms with van der Waals surface area (Å²) in [6.45, 7) is 11.0. The number of hydrogen-bond acceptors (Lipinski definition) is 2. The van der Waals surface area contributed by atoms with Gasteiger partial charge in [0.05, 0.1) is 22.4 Å². The van der Waals surface area contributed by atoms with Crippen LogP contribution in [0, 0.1) is 5.92 Å². The van der Waals surface area contributed by atoms with Crippen LogP contribution in [0.2, 0.25) is 0 Å². The number of hydrogen-bond donors (Lipinski definition) is 1. The van der Waals surface area contributed by atoms with E-state index in [2.05, 4.69) is 58.7 Å². The van der Waals surface area contributed by atoms with Crippen molar-refractivity contribution in [3.8, 4) is 0 Å². The minimum atomic E-state index is 0.403. The van der Waals surface area contributed by atoms with Crippen molar-refractivity contribution in [3.63, 3.8) is 0 Å². The lowest BCUT2D eigenvalue weighted by molar-refractivity contribution is 0.309. The van der Waals surface area contributed by atoms with Crippen molar-refractivity contribution < 1.29 is 0 Å². The normalized spacial score (nSPS) is 14.4. The molecule has 20 heavy (non-hydrogen) atoms. The molecular weight excluding hydrogens is 314 g/mol. The zero-order valence-corrected chi connectivity index (χ0v) is 15.0. The van der Waals surface area contributed by atoms with Crippen molar-refractivity contribution in [2.75, 3.05) is 6.54 Å². The topological polar surface area (TPSA) is 29.9 Å². The van der Waals surface area contributed by atoms with E-state index in [9.17, 15) is 0 Å². The molecule has 0 saturated carbocycles. The molecule has 0 aromatic carbocycles. The van der Waals surface area contributed by atoms with Gasteiger partial charge in [0, 0.05) is 6.54 Å². The Morgan fingerprint density at radius 1 is 1.25 bits per heavy atom. The molecule has 0 bridgehead atoms. The fraction of sp³-hybridized carbons (Fsp3) is 0.812. The first-order valence-corrected chi connectivity index (χ1v) is 8.93. The molecule has 0 aliphatic heterocycles. The Labute approximate surface area is 132 Å². The fourth-order valence-corrected chi connectivity index (χ4v) is 3.39. The first kappa shape index (κ1) is 17.7. The fourth-order valence-electron chi connectivity index (χ4n) is 2.85. The molecule has 3 nitrogen and oxygen atoms in total. The second-order valence-corrected chi connectivity index (χ2v) is 6.30. The van der Waals surface area contributed by atoms with E-state index in [1.807, 2.05) is 6.20 Å². The summed E-state index contributed by atoms with van der Waals surface area (Å²) in [5, 5.41) is 8.23. The molecule has 1 N–H and O–H groups in total. The smallest absolute Gasteiger partial charge is 0.0698 e. The molecular formula is C16H30BrN3. The molecule has 0 aliphatic rings. The monoisotopic (exact) mass is 343 g/mol. The summed E-state index contributed by atoms with van der Waals surface area (Å²) >= 11 is 3.70. The number of nitrogens with one attached hydrogen (secondary N) is 1. The molecule has 116 valence electrons. The van der Waals surface area contributed by atoms with Crippen molar-refractivity contribution in [2.45, 2.75) is 72.4 Å². The van der Waals surface area contributed by atoms with Crippen molar-refractivity contribution >= 4 is 15.9 Å². The molecule has 0 saturated heterocycles. The molecule has 4 heteroatoms. The van der Waals surface area contributed by atoms with Crippen LogP contribution in [0.1, 0.15) is 71.5 Å². The number of halogens is 1. The van der Waals surface area contributed by atoms with Gasteiger partial charge in [-0.3, -0.25) is 4.68 Å². The van der Waals surface area contributed by atoms with Gasteiger partial charge >= 0.3 is 0 Å². The summed E-state index contributed by atoms with van der Waals surface area (Å²) < 4.78 is 3.32. The Kier molecular flexibility index (Phi) is 8.46. The van der Waals surface area contributed by atoms with E-state index in [0.717, 1.165) is 24.0 Å². The highest BCUT2D eigenvalue weighted by molar-refractivity contribution is 9.10. The van der Waals surface area contributed by atoms with Gasteiger partial charge in [-0.05, 0) is 41.2 Å². The van der Waals surface area contributed by atoms with Gasteiger partial charge in [-0.2, -0.15) is 5.10 Å². The summed E-state index contributed by atoms with van der Waals surface area (Å²) in [5.74, 6) is 0.679. The van der Waals surface area contributed by atoms with Gasteiger partial charge in [0.1, 0.15) is 0 Å². The maximum atomic E-state index is 4.54. The van der Waals surface area contributed by atoms with Crippen LogP contribution in [0.3, 0.4) is 0 Å². The second kappa shape index (κ2) is 9.56. The van der Waals surface area contributed by atoms with Crippen LogP contribution in [-0.4, -0.2) is 16.3 Å². The third kappa shape index (κ3) is 4.59. The Morgan fingerprint density at radius 3 is 2.55 bits per heavy atom. The first-order valence-electron chi connectivity index (χ1n) is 8.13. The van der Waals surface area contributed by atoms with Gasteiger partial charge in [-0.25, -0.2) is 0 Å². The van der Waals surface area contributed by atoms with Crippen LogP contribution in [0.25, 0.3) is 0 Å². The van der Waals surface area contributed by atoms with E-state index in [1.54, 1.807) is 0 Å². The molecule has 0 spiro atoms. The van der Waals surface area contributed by atoms with E-state index in [1.165, 1.54) is 31.4 Å². The summed E-state index contributed by atoms with van der Waals surface area (Å²) in [4.78, 5) is 0. The highest BCUT2D eigenvalue weighted by Gasteiger charge is 2.26. The van der Waals surface area contributed by atoms with Crippen molar-refractivity contribution in [1.29, 1.82) is 0 Å². The Balaban J connectivity index is 3.01. The number of rotatable bonds is 10. The molecule has 1 aromatic heterocycles. The summed E-state index contributed by atoms with van der Waals surface area (Å²) in [5.41, 5.74) is 1.33. The number of aryl methyl sites for hydroxylation is 1. The number of nitrogens with zero attached hydrogens (tertiary/aromatic N) is 2. The SMILES string of the molecule is CCCCC(CC)C(NCC)c1c(Br)cnn1CCC. The van der Waals surface area contributed by atoms with E-state index >= 15 is 0 Å². The third-order valence-corrected chi connectivity index (χ3v) is 4.52. The highest BCUT2D eigenvalue weighted by Crippen LogP contribution is 2.33. The van der Waals surface area contributed by atoms with Gasteiger partial charge in [-0.15, -0.1) is 0 Å². The van der Waals surface area contributed by atoms with Crippen LogP contribution >= 0.6 is 15.9 Å². The minimum Gasteiger partial charge on any atom is -0.309 e. The largest absolute Gasteiger partial charge is 0.309 e. The number of unbranched alkanes of at least 4 members (excludes halogenated alkanes) is 1. The Morgan fingerprint density at radius 2 is 2.00 bits per heavy atom. The predicted molar refractivity (Wildman–Crippen MR) is 89.9 cm³/mol. The van der Waals surface area contributed by atoms with E-state index in [0.29, 0.717) is 12.0 Å². The second-order valence-electron chi connectivity index (χ2n) is 5.45. The molecule has 2 unspecified atom stereocenters. The molecule has 0 radical (unpaired) electrons. The minimum absolute atomic E-state index is 0.403. The van der Waals surface area contributed by atoms with Crippen LogP contribution in [-0.2, 0) is 6.54 Å². The lowest BCUT2D eigenvalue weighted by atomic mass is 9.89. The average Bonchev–Trinajstić information content (AvgIpc) is 2.80. The van der Waals surface area contributed by atoms with Crippen molar-refractivity contribution in [1.82, 2.24) is 15.1 Å². The van der Waals surface area contributed by atoms with Gasteiger partial charge in [0.2, 0.25) is 0 Å². The van der Waals surface area contributed by atoms with Gasteiger partial charge in [0.25, 0.3) is 0 Å². The third-order valence-electron chi connectivity index (χ3n) is 3.91.